The summed E-state index contributed by atoms with van der Waals surface area (Å²) in [5.41, 5.74) is 1.08. The van der Waals surface area contributed by atoms with Crippen molar-refractivity contribution < 1.29 is 14.1 Å². The molecule has 1 aromatic heterocycles. The highest BCUT2D eigenvalue weighted by Crippen LogP contribution is 2.24. The molecule has 2 aromatic rings. The van der Waals surface area contributed by atoms with E-state index in [0.717, 1.165) is 11.3 Å². The highest BCUT2D eigenvalue weighted by atomic mass is 16.5. The number of aromatic nitrogens is 2. The minimum atomic E-state index is -0.0194. The Hall–Kier alpha value is -2.37. The van der Waals surface area contributed by atoms with Gasteiger partial charge in [-0.3, -0.25) is 4.79 Å². The molecule has 0 bridgehead atoms. The van der Waals surface area contributed by atoms with Crippen LogP contribution in [0.1, 0.15) is 50.0 Å². The molecule has 1 aromatic carbocycles. The zero-order valence-corrected chi connectivity index (χ0v) is 14.7. The van der Waals surface area contributed by atoms with Crippen molar-refractivity contribution in [2.45, 2.75) is 46.1 Å². The van der Waals surface area contributed by atoms with Gasteiger partial charge in [-0.05, 0) is 37.0 Å². The van der Waals surface area contributed by atoms with Crippen LogP contribution in [-0.4, -0.2) is 23.2 Å². The molecular formula is C18H25N3O3. The molecule has 0 fully saturated rings. The summed E-state index contributed by atoms with van der Waals surface area (Å²) in [6.07, 6.45) is 1.73. The Bertz CT molecular complexity index is 650. The van der Waals surface area contributed by atoms with Gasteiger partial charge in [0.05, 0.1) is 13.2 Å². The molecule has 1 amide bonds. The average molecular weight is 331 g/mol. The number of ether oxygens (including phenoxy) is 1. The lowest BCUT2D eigenvalue weighted by Crippen LogP contribution is -2.31. The first-order chi connectivity index (χ1) is 11.5. The van der Waals surface area contributed by atoms with Crippen LogP contribution in [0.2, 0.25) is 0 Å². The third-order valence-corrected chi connectivity index (χ3v) is 3.82. The standard InChI is InChI=1S/C18H25N3O3/c1-12(2)18(14-8-10-15(23-4)11-9-14)20-16(22)6-5-7-17-19-13(3)21-24-17/h8-12,18H,5-7H2,1-4H3,(H,20,22). The van der Waals surface area contributed by atoms with Gasteiger partial charge >= 0.3 is 0 Å². The Kier molecular flexibility index (Phi) is 6.35. The molecule has 1 N–H and O–H groups in total. The van der Waals surface area contributed by atoms with Crippen LogP contribution >= 0.6 is 0 Å². The number of rotatable bonds is 8. The van der Waals surface area contributed by atoms with Crippen LogP contribution in [0.25, 0.3) is 0 Å². The normalized spacial score (nSPS) is 12.2. The monoisotopic (exact) mass is 331 g/mol. The number of carbonyl (C=O) groups excluding carboxylic acids is 1. The lowest BCUT2D eigenvalue weighted by molar-refractivity contribution is -0.122. The molecule has 1 unspecified atom stereocenters. The quantitative estimate of drug-likeness (QED) is 0.803. The van der Waals surface area contributed by atoms with E-state index in [4.69, 9.17) is 9.26 Å². The average Bonchev–Trinajstić information content (AvgIpc) is 2.98. The minimum absolute atomic E-state index is 0.0194. The van der Waals surface area contributed by atoms with E-state index in [1.54, 1.807) is 14.0 Å². The molecule has 0 saturated heterocycles. The van der Waals surface area contributed by atoms with Crippen molar-refractivity contribution in [1.82, 2.24) is 15.5 Å². The molecule has 0 aliphatic rings. The summed E-state index contributed by atoms with van der Waals surface area (Å²) in [7, 11) is 1.64. The first kappa shape index (κ1) is 18.0. The number of nitrogens with zero attached hydrogens (tertiary/aromatic N) is 2. The molecule has 6 heteroatoms. The Morgan fingerprint density at radius 3 is 2.54 bits per heavy atom. The highest BCUT2D eigenvalue weighted by molar-refractivity contribution is 5.76. The Morgan fingerprint density at radius 2 is 2.00 bits per heavy atom. The van der Waals surface area contributed by atoms with E-state index < -0.39 is 0 Å². The van der Waals surface area contributed by atoms with E-state index in [2.05, 4.69) is 29.3 Å². The van der Waals surface area contributed by atoms with Crippen molar-refractivity contribution in [3.8, 4) is 5.75 Å². The fourth-order valence-electron chi connectivity index (χ4n) is 2.53. The molecule has 130 valence electrons. The summed E-state index contributed by atoms with van der Waals surface area (Å²) in [6.45, 7) is 5.97. The third kappa shape index (κ3) is 5.08. The number of benzene rings is 1. The maximum absolute atomic E-state index is 12.2. The summed E-state index contributed by atoms with van der Waals surface area (Å²) in [4.78, 5) is 16.4. The van der Waals surface area contributed by atoms with Crippen LogP contribution in [0.5, 0.6) is 5.75 Å². The predicted octanol–water partition coefficient (Wildman–Crippen LogP) is 3.22. The van der Waals surface area contributed by atoms with Crippen LogP contribution in [0, 0.1) is 12.8 Å². The second-order valence-electron chi connectivity index (χ2n) is 6.15. The summed E-state index contributed by atoms with van der Waals surface area (Å²) in [5, 5.41) is 6.86. The molecule has 0 aliphatic heterocycles. The topological polar surface area (TPSA) is 77.2 Å². The number of methoxy groups -OCH3 is 1. The number of amides is 1. The molecule has 6 nitrogen and oxygen atoms in total. The van der Waals surface area contributed by atoms with Gasteiger partial charge in [-0.25, -0.2) is 0 Å². The van der Waals surface area contributed by atoms with Crippen LogP contribution < -0.4 is 10.1 Å². The first-order valence-electron chi connectivity index (χ1n) is 8.22. The molecule has 0 spiro atoms. The molecule has 24 heavy (non-hydrogen) atoms. The zero-order chi connectivity index (χ0) is 17.5. The summed E-state index contributed by atoms with van der Waals surface area (Å²) in [6, 6.07) is 7.79. The van der Waals surface area contributed by atoms with Crippen LogP contribution in [0.4, 0.5) is 0 Å². The van der Waals surface area contributed by atoms with Crippen molar-refractivity contribution in [2.75, 3.05) is 7.11 Å². The Balaban J connectivity index is 1.88. The molecule has 1 atom stereocenters. The lowest BCUT2D eigenvalue weighted by atomic mass is 9.95. The molecular weight excluding hydrogens is 306 g/mol. The van der Waals surface area contributed by atoms with Gasteiger partial charge in [0, 0.05) is 12.8 Å². The van der Waals surface area contributed by atoms with E-state index in [9.17, 15) is 4.79 Å². The van der Waals surface area contributed by atoms with Crippen molar-refractivity contribution >= 4 is 5.91 Å². The van der Waals surface area contributed by atoms with Gasteiger partial charge in [0.2, 0.25) is 11.8 Å². The fraction of sp³-hybridized carbons (Fsp3) is 0.500. The van der Waals surface area contributed by atoms with Gasteiger partial charge in [0.25, 0.3) is 0 Å². The lowest BCUT2D eigenvalue weighted by Gasteiger charge is -2.23. The molecule has 0 saturated carbocycles. The summed E-state index contributed by atoms with van der Waals surface area (Å²) < 4.78 is 10.2. The van der Waals surface area contributed by atoms with Crippen LogP contribution in [0.15, 0.2) is 28.8 Å². The Labute approximate surface area is 142 Å². The molecule has 0 aliphatic carbocycles. The summed E-state index contributed by atoms with van der Waals surface area (Å²) >= 11 is 0. The van der Waals surface area contributed by atoms with Crippen molar-refractivity contribution in [3.63, 3.8) is 0 Å². The number of nitrogens with one attached hydrogen (secondary N) is 1. The maximum atomic E-state index is 12.2. The van der Waals surface area contributed by atoms with Crippen molar-refractivity contribution in [1.29, 1.82) is 0 Å². The Morgan fingerprint density at radius 1 is 1.29 bits per heavy atom. The molecule has 2 rings (SSSR count). The zero-order valence-electron chi connectivity index (χ0n) is 14.7. The third-order valence-electron chi connectivity index (χ3n) is 3.82. The SMILES string of the molecule is COc1ccc(C(NC(=O)CCCc2nc(C)no2)C(C)C)cc1. The number of hydrogen-bond acceptors (Lipinski definition) is 5. The second kappa shape index (κ2) is 8.47. The largest absolute Gasteiger partial charge is 0.497 e. The van der Waals surface area contributed by atoms with E-state index in [1.807, 2.05) is 24.3 Å². The second-order valence-corrected chi connectivity index (χ2v) is 6.15. The van der Waals surface area contributed by atoms with Crippen molar-refractivity contribution in [2.24, 2.45) is 5.92 Å². The van der Waals surface area contributed by atoms with Gasteiger partial charge in [0.1, 0.15) is 5.75 Å². The van der Waals surface area contributed by atoms with Crippen molar-refractivity contribution in [3.05, 3.63) is 41.5 Å². The van der Waals surface area contributed by atoms with E-state index in [0.29, 0.717) is 36.9 Å². The van der Waals surface area contributed by atoms with Crippen LogP contribution in [-0.2, 0) is 11.2 Å². The maximum Gasteiger partial charge on any atom is 0.226 e. The minimum Gasteiger partial charge on any atom is -0.497 e. The van der Waals surface area contributed by atoms with E-state index >= 15 is 0 Å². The fourth-order valence-corrected chi connectivity index (χ4v) is 2.53. The predicted molar refractivity (Wildman–Crippen MR) is 90.7 cm³/mol. The van der Waals surface area contributed by atoms with Crippen LogP contribution in [0.3, 0.4) is 0 Å². The van der Waals surface area contributed by atoms with E-state index in [1.165, 1.54) is 0 Å². The molecule has 1 heterocycles. The number of aryl methyl sites for hydroxylation is 2. The highest BCUT2D eigenvalue weighted by Gasteiger charge is 2.18. The molecule has 0 radical (unpaired) electrons. The van der Waals surface area contributed by atoms with Gasteiger partial charge in [0.15, 0.2) is 5.82 Å². The first-order valence-corrected chi connectivity index (χ1v) is 8.22. The van der Waals surface area contributed by atoms with E-state index in [-0.39, 0.29) is 11.9 Å². The van der Waals surface area contributed by atoms with Gasteiger partial charge in [-0.15, -0.1) is 0 Å². The summed E-state index contributed by atoms with van der Waals surface area (Å²) in [5.74, 6) is 2.33. The number of carbonyl (C=O) groups is 1. The number of hydrogen-bond donors (Lipinski definition) is 1. The van der Waals surface area contributed by atoms with Gasteiger partial charge < -0.3 is 14.6 Å². The smallest absolute Gasteiger partial charge is 0.226 e. The van der Waals surface area contributed by atoms with Gasteiger partial charge in [-0.2, -0.15) is 4.98 Å². The van der Waals surface area contributed by atoms with Gasteiger partial charge in [-0.1, -0.05) is 31.1 Å².